The fourth-order valence-electron chi connectivity index (χ4n) is 7.94. The molecule has 11 atom stereocenters. The Morgan fingerprint density at radius 1 is 0.554 bits per heavy atom. The monoisotopic (exact) mass is 870 g/mol. The predicted molar refractivity (Wildman–Crippen MR) is 193 cm³/mol. The van der Waals surface area contributed by atoms with E-state index in [1.54, 1.807) is 11.9 Å². The standard InChI is InChI=1S/C36H53N10O9.Y/c1-40-14-2-10-26(40)33(52)41-15-4-9-25(41)32(51)39-22-29(48)38-23-30(49)45-19-7-20-46(45)36(55)44-18-6-12-28(44)35(54)43-17-5-11-27(43)34(53)42-16-3-8-24(42)31(50)37-13-21-47;/h24-28H,2-20,22-23H2,1H3,(H,37,50)(H,38,48)(H,39,51);/q-1;/i2T,3T,4T,5T,6T,7T;. The number of rotatable bonds is 11. The molecule has 3 N–H and O–H groups in total. The van der Waals surface area contributed by atoms with Gasteiger partial charge in [0, 0.05) is 80.2 Å². The summed E-state index contributed by atoms with van der Waals surface area (Å²) in [6.07, 6.45) is -3.04. The third-order valence-corrected chi connectivity index (χ3v) is 10.9. The van der Waals surface area contributed by atoms with Crippen molar-refractivity contribution < 1.29 is 84.1 Å². The van der Waals surface area contributed by atoms with E-state index < -0.39 is 130 Å². The largest absolute Gasteiger partial charge is 0.540 e. The maximum atomic E-state index is 14.2. The summed E-state index contributed by atoms with van der Waals surface area (Å²) in [6.45, 7) is -2.18. The van der Waals surface area contributed by atoms with E-state index in [4.69, 9.17) is 8.22 Å². The van der Waals surface area contributed by atoms with Crippen LogP contribution in [0.25, 0.3) is 0 Å². The number of amides is 9. The number of likely N-dealkylation sites (tertiary alicyclic amines) is 5. The van der Waals surface area contributed by atoms with Gasteiger partial charge in [0.15, 0.2) is 0 Å². The summed E-state index contributed by atoms with van der Waals surface area (Å²) in [5.41, 5.74) is 0. The smallest absolute Gasteiger partial charge is 0.339 e. The van der Waals surface area contributed by atoms with Crippen molar-refractivity contribution in [3.63, 3.8) is 0 Å². The van der Waals surface area contributed by atoms with E-state index in [-0.39, 0.29) is 104 Å². The van der Waals surface area contributed by atoms with Gasteiger partial charge in [-0.25, -0.2) is 21.1 Å². The summed E-state index contributed by atoms with van der Waals surface area (Å²) in [4.78, 5) is 125. The first-order valence-corrected chi connectivity index (χ1v) is 18.6. The fourth-order valence-corrected chi connectivity index (χ4v) is 7.94. The second kappa shape index (κ2) is 19.6. The van der Waals surface area contributed by atoms with Crippen LogP contribution < -0.4 is 16.0 Å². The number of hydrazine groups is 1. The molecule has 6 heterocycles. The van der Waals surface area contributed by atoms with Gasteiger partial charge in [-0.15, -0.1) is 0 Å². The van der Waals surface area contributed by atoms with Crippen LogP contribution in [0, 0.1) is 0 Å². The van der Waals surface area contributed by atoms with Crippen molar-refractivity contribution in [1.82, 2.24) is 50.5 Å². The molecule has 0 aliphatic carbocycles. The Hall–Kier alpha value is -3.71. The zero-order valence-corrected chi connectivity index (χ0v) is 34.2. The number of carbonyl (C=O) groups is 8. The van der Waals surface area contributed by atoms with Gasteiger partial charge in [0.25, 0.3) is 5.91 Å². The second-order valence-electron chi connectivity index (χ2n) is 14.3. The summed E-state index contributed by atoms with van der Waals surface area (Å²) in [7, 11) is 1.72. The van der Waals surface area contributed by atoms with E-state index in [1.165, 1.54) is 16.1 Å². The maximum absolute atomic E-state index is 14.2. The Balaban J connectivity index is 0.00000726. The first kappa shape index (κ1) is 35.5. The Morgan fingerprint density at radius 2 is 1.02 bits per heavy atom. The molecule has 0 aromatic heterocycles. The van der Waals surface area contributed by atoms with Crippen LogP contribution in [0.2, 0.25) is 0 Å². The van der Waals surface area contributed by atoms with Gasteiger partial charge in [-0.3, -0.25) is 38.5 Å². The number of nitrogens with zero attached hydrogens (tertiary/aromatic N) is 7. The normalized spacial score (nSPS) is 35.8. The zero-order chi connectivity index (χ0) is 44.4. The van der Waals surface area contributed by atoms with E-state index in [0.29, 0.717) is 13.0 Å². The van der Waals surface area contributed by atoms with Gasteiger partial charge in [0.1, 0.15) is 24.2 Å². The van der Waals surface area contributed by atoms with Gasteiger partial charge in [0.2, 0.25) is 35.4 Å². The van der Waals surface area contributed by atoms with Crippen molar-refractivity contribution in [2.45, 2.75) is 101 Å². The van der Waals surface area contributed by atoms with Crippen molar-refractivity contribution >= 4 is 53.7 Å². The minimum Gasteiger partial charge on any atom is -0.540 e. The van der Waals surface area contributed by atoms with Crippen molar-refractivity contribution in [2.75, 3.05) is 72.5 Å². The molecule has 0 bridgehead atoms. The van der Waals surface area contributed by atoms with E-state index >= 15 is 0 Å². The molecule has 20 heteroatoms. The van der Waals surface area contributed by atoms with E-state index in [9.17, 15) is 43.2 Å². The molecule has 6 rings (SSSR count). The topological polar surface area (TPSA) is 212 Å². The number of carbonyl (C=O) groups excluding carboxylic acids is 9. The Labute approximate surface area is 360 Å². The number of urea groups is 1. The van der Waals surface area contributed by atoms with Crippen LogP contribution in [-0.4, -0.2) is 191 Å². The second-order valence-corrected chi connectivity index (χ2v) is 14.3. The molecule has 56 heavy (non-hydrogen) atoms. The first-order chi connectivity index (χ1) is 28.9. The number of nitrogens with one attached hydrogen (secondary N) is 3. The van der Waals surface area contributed by atoms with Crippen molar-refractivity contribution in [2.24, 2.45) is 0 Å². The first-order valence-electron chi connectivity index (χ1n) is 22.0. The van der Waals surface area contributed by atoms with E-state index in [2.05, 4.69) is 16.0 Å². The molecule has 6 fully saturated rings. The van der Waals surface area contributed by atoms with Crippen molar-refractivity contribution in [3.8, 4) is 0 Å². The molecule has 11 unspecified atom stereocenters. The Morgan fingerprint density at radius 3 is 1.59 bits per heavy atom. The summed E-state index contributed by atoms with van der Waals surface area (Å²) in [5, 5.41) is 9.12. The van der Waals surface area contributed by atoms with Crippen LogP contribution in [-0.2, 0) is 71.1 Å². The van der Waals surface area contributed by atoms with Crippen LogP contribution in [0.1, 0.15) is 78.7 Å². The average molecular weight is 871 g/mol. The molecule has 0 aromatic rings. The Bertz CT molecular complexity index is 1780. The molecule has 6 saturated heterocycles. The SMILES string of the molecule is [3H]C1CC(C(=O)N2CC([3H])CC2C(=O)NCC(=O)NCC(=O)N2CC([3H])CN2C(=O)N2CC([3H])CC2C(=O)N2CC([3H])CC2C(=O)N2CC([3H])CC2C(=O)NC[C-]=O)N(C)C1.[Y]. The molecule has 0 saturated carbocycles. The zero-order valence-electron chi connectivity index (χ0n) is 37.3. The quantitative estimate of drug-likeness (QED) is 0.187. The summed E-state index contributed by atoms with van der Waals surface area (Å²) in [6, 6.07) is -5.97. The van der Waals surface area contributed by atoms with E-state index in [1.807, 2.05) is 0 Å². The molecule has 9 amide bonds. The van der Waals surface area contributed by atoms with Gasteiger partial charge in [-0.05, 0) is 84.1 Å². The van der Waals surface area contributed by atoms with Gasteiger partial charge in [0.05, 0.1) is 19.1 Å². The molecule has 305 valence electrons. The van der Waals surface area contributed by atoms with Crippen molar-refractivity contribution in [3.05, 3.63) is 0 Å². The molecular weight excluding hydrogens is 805 g/mol. The van der Waals surface area contributed by atoms with Crippen LogP contribution in [0.3, 0.4) is 0 Å². The van der Waals surface area contributed by atoms with Gasteiger partial charge in [-0.2, -0.15) is 0 Å². The molecular formula is C36H53N10O9Y-. The van der Waals surface area contributed by atoms with Gasteiger partial charge in [-0.1, -0.05) is 6.54 Å². The molecule has 0 spiro atoms. The fraction of sp³-hybridized carbons (Fsp3) is 0.750. The van der Waals surface area contributed by atoms with Crippen LogP contribution in [0.4, 0.5) is 4.79 Å². The molecule has 19 nitrogen and oxygen atoms in total. The summed E-state index contributed by atoms with van der Waals surface area (Å²) in [5.74, 6) is -4.57. The molecule has 1 radical (unpaired) electrons. The minimum atomic E-state index is -1.27. The van der Waals surface area contributed by atoms with Gasteiger partial charge < -0.3 is 40.3 Å². The third kappa shape index (κ3) is 9.36. The predicted octanol–water partition coefficient (Wildman–Crippen LogP) is -2.46. The van der Waals surface area contributed by atoms with Crippen LogP contribution >= 0.6 is 0 Å². The summed E-state index contributed by atoms with van der Waals surface area (Å²) < 4.78 is 49.6. The molecule has 6 aliphatic heterocycles. The molecule has 0 aromatic carbocycles. The van der Waals surface area contributed by atoms with Gasteiger partial charge >= 0.3 is 6.03 Å². The minimum absolute atomic E-state index is 0. The Kier molecular flexibility index (Phi) is 12.4. The third-order valence-electron chi connectivity index (χ3n) is 10.9. The van der Waals surface area contributed by atoms with Crippen LogP contribution in [0.15, 0.2) is 0 Å². The summed E-state index contributed by atoms with van der Waals surface area (Å²) >= 11 is 0. The van der Waals surface area contributed by atoms with E-state index in [0.717, 1.165) is 19.8 Å². The number of hydrogen-bond acceptors (Lipinski definition) is 10. The number of hydrogen-bond donors (Lipinski definition) is 3. The molecule has 6 aliphatic rings. The number of likely N-dealkylation sites (N-methyl/N-ethyl adjacent to an activating group) is 1. The van der Waals surface area contributed by atoms with Crippen LogP contribution in [0.5, 0.6) is 0 Å². The average Bonchev–Trinajstić information content (AvgIpc) is 4.08. The van der Waals surface area contributed by atoms with Crippen molar-refractivity contribution in [1.29, 1.82) is 0 Å². The maximum Gasteiger partial charge on any atom is 0.339 e.